The summed E-state index contributed by atoms with van der Waals surface area (Å²) in [6.07, 6.45) is 0.0360. The Labute approximate surface area is 186 Å². The van der Waals surface area contributed by atoms with Crippen molar-refractivity contribution in [3.63, 3.8) is 0 Å². The molecule has 4 heterocycles. The summed E-state index contributed by atoms with van der Waals surface area (Å²) in [5.74, 6) is -0.854. The van der Waals surface area contributed by atoms with E-state index < -0.39 is 43.2 Å². The molecular formula is C21H22N6O6. The van der Waals surface area contributed by atoms with Gasteiger partial charge in [0.15, 0.2) is 23.2 Å². The number of aromatic amines is 1. The molecule has 0 spiro atoms. The SMILES string of the molecule is O=C(O)[C@@H](Cc1c[nH]c2ccccc12)Nc1ncnc2c1ncn2[C@@H]1O[C@H](CO)C(O)[C@@H]1O. The molecule has 1 fully saturated rings. The summed E-state index contributed by atoms with van der Waals surface area (Å²) in [4.78, 5) is 27.8. The van der Waals surface area contributed by atoms with Gasteiger partial charge in [-0.3, -0.25) is 4.57 Å². The van der Waals surface area contributed by atoms with E-state index in [2.05, 4.69) is 25.3 Å². The second kappa shape index (κ2) is 8.41. The third-order valence-corrected chi connectivity index (χ3v) is 5.86. The molecule has 1 aliphatic rings. The number of carboxylic acids is 1. The Hall–Kier alpha value is -3.58. The first-order chi connectivity index (χ1) is 16.0. The highest BCUT2D eigenvalue weighted by atomic mass is 16.6. The van der Waals surface area contributed by atoms with E-state index in [-0.39, 0.29) is 23.4 Å². The summed E-state index contributed by atoms with van der Waals surface area (Å²) >= 11 is 0. The maximum atomic E-state index is 12.0. The van der Waals surface area contributed by atoms with Crippen molar-refractivity contribution >= 4 is 33.9 Å². The molecule has 1 unspecified atom stereocenters. The summed E-state index contributed by atoms with van der Waals surface area (Å²) in [6, 6.07) is 6.63. The van der Waals surface area contributed by atoms with Crippen molar-refractivity contribution in [1.82, 2.24) is 24.5 Å². The fourth-order valence-corrected chi connectivity index (χ4v) is 4.14. The Morgan fingerprint density at radius 2 is 2.03 bits per heavy atom. The number of aromatic nitrogens is 5. The first-order valence-electron chi connectivity index (χ1n) is 10.3. The molecular weight excluding hydrogens is 432 g/mol. The van der Waals surface area contributed by atoms with Gasteiger partial charge in [-0.1, -0.05) is 18.2 Å². The minimum Gasteiger partial charge on any atom is -0.480 e. The van der Waals surface area contributed by atoms with Gasteiger partial charge in [0.25, 0.3) is 0 Å². The number of nitrogens with one attached hydrogen (secondary N) is 2. The lowest BCUT2D eigenvalue weighted by Crippen LogP contribution is -2.33. The molecule has 0 aliphatic carbocycles. The van der Waals surface area contributed by atoms with E-state index >= 15 is 0 Å². The number of aliphatic hydroxyl groups is 3. The van der Waals surface area contributed by atoms with Crippen LogP contribution in [0.3, 0.4) is 0 Å². The lowest BCUT2D eigenvalue weighted by molar-refractivity contribution is -0.137. The number of para-hydroxylation sites is 1. The number of rotatable bonds is 7. The number of H-pyrrole nitrogens is 1. The van der Waals surface area contributed by atoms with Gasteiger partial charge in [0.05, 0.1) is 12.9 Å². The Kier molecular flexibility index (Phi) is 5.42. The lowest BCUT2D eigenvalue weighted by Gasteiger charge is -2.17. The number of nitrogens with zero attached hydrogens (tertiary/aromatic N) is 4. The van der Waals surface area contributed by atoms with E-state index in [9.17, 15) is 25.2 Å². The summed E-state index contributed by atoms with van der Waals surface area (Å²) in [6.45, 7) is -0.461. The van der Waals surface area contributed by atoms with Crippen molar-refractivity contribution in [1.29, 1.82) is 0 Å². The van der Waals surface area contributed by atoms with Gasteiger partial charge in [-0.15, -0.1) is 0 Å². The van der Waals surface area contributed by atoms with E-state index in [4.69, 9.17) is 4.74 Å². The van der Waals surface area contributed by atoms with Gasteiger partial charge in [-0.05, 0) is 11.6 Å². The number of anilines is 1. The Balaban J connectivity index is 1.44. The largest absolute Gasteiger partial charge is 0.480 e. The van der Waals surface area contributed by atoms with Crippen LogP contribution in [0.15, 0.2) is 43.1 Å². The first-order valence-corrected chi connectivity index (χ1v) is 10.3. The number of imidazole rings is 1. The number of hydrogen-bond acceptors (Lipinski definition) is 9. The molecule has 3 aromatic heterocycles. The monoisotopic (exact) mass is 454 g/mol. The standard InChI is InChI=1S/C21H22N6O6/c28-7-14-16(29)17(30)20(33-14)27-9-25-15-18(23-8-24-19(15)27)26-13(21(31)32)5-10-6-22-12-4-2-1-3-11(10)12/h1-4,6,8-9,13-14,16-17,20,22,28-30H,5,7H2,(H,31,32)(H,23,24,26)/t13-,14-,16?,17+,20-/m1/s1. The topological polar surface area (TPSA) is 179 Å². The zero-order valence-corrected chi connectivity index (χ0v) is 17.2. The van der Waals surface area contributed by atoms with E-state index in [1.54, 1.807) is 6.20 Å². The van der Waals surface area contributed by atoms with Crippen molar-refractivity contribution in [2.24, 2.45) is 0 Å². The molecule has 172 valence electrons. The van der Waals surface area contributed by atoms with Gasteiger partial charge >= 0.3 is 5.97 Å². The summed E-state index contributed by atoms with van der Waals surface area (Å²) in [5, 5.41) is 43.4. The van der Waals surface area contributed by atoms with Crippen LogP contribution in [0.5, 0.6) is 0 Å². The van der Waals surface area contributed by atoms with Crippen LogP contribution in [0.2, 0.25) is 0 Å². The van der Waals surface area contributed by atoms with Gasteiger partial charge < -0.3 is 35.5 Å². The fourth-order valence-electron chi connectivity index (χ4n) is 4.14. The predicted molar refractivity (Wildman–Crippen MR) is 115 cm³/mol. The predicted octanol–water partition coefficient (Wildman–Crippen LogP) is 0.0269. The first kappa shape index (κ1) is 21.3. The molecule has 4 aromatic rings. The smallest absolute Gasteiger partial charge is 0.326 e. The Morgan fingerprint density at radius 1 is 1.21 bits per heavy atom. The number of fused-ring (bicyclic) bond motifs is 2. The highest BCUT2D eigenvalue weighted by Crippen LogP contribution is 2.32. The van der Waals surface area contributed by atoms with Crippen molar-refractivity contribution in [3.8, 4) is 0 Å². The van der Waals surface area contributed by atoms with E-state index in [0.717, 1.165) is 16.5 Å². The normalized spacial score (nSPS) is 23.8. The van der Waals surface area contributed by atoms with Crippen LogP contribution < -0.4 is 5.32 Å². The average molecular weight is 454 g/mol. The number of hydrogen-bond donors (Lipinski definition) is 6. The highest BCUT2D eigenvalue weighted by molar-refractivity contribution is 5.88. The third kappa shape index (κ3) is 3.68. The van der Waals surface area contributed by atoms with Crippen LogP contribution in [-0.4, -0.2) is 81.9 Å². The number of ether oxygens (including phenoxy) is 1. The Bertz CT molecular complexity index is 1300. The van der Waals surface area contributed by atoms with Crippen LogP contribution >= 0.6 is 0 Å². The molecule has 5 rings (SSSR count). The minimum atomic E-state index is -1.31. The fraction of sp³-hybridized carbons (Fsp3) is 0.333. The molecule has 1 aliphatic heterocycles. The van der Waals surface area contributed by atoms with E-state index in [0.29, 0.717) is 0 Å². The number of carboxylic acid groups (broad SMARTS) is 1. The molecule has 1 aromatic carbocycles. The third-order valence-electron chi connectivity index (χ3n) is 5.86. The van der Waals surface area contributed by atoms with Gasteiger partial charge in [0.1, 0.15) is 30.7 Å². The maximum absolute atomic E-state index is 12.0. The van der Waals surface area contributed by atoms with Crippen LogP contribution in [-0.2, 0) is 16.0 Å². The molecule has 0 saturated carbocycles. The molecule has 5 atom stereocenters. The molecule has 1 saturated heterocycles. The summed E-state index contributed by atoms with van der Waals surface area (Å²) in [5.41, 5.74) is 2.31. The number of benzene rings is 1. The van der Waals surface area contributed by atoms with Gasteiger partial charge in [0, 0.05) is 23.5 Å². The summed E-state index contributed by atoms with van der Waals surface area (Å²) < 4.78 is 6.97. The highest BCUT2D eigenvalue weighted by Gasteiger charge is 2.44. The van der Waals surface area contributed by atoms with Crippen molar-refractivity contribution in [3.05, 3.63) is 48.7 Å². The lowest BCUT2D eigenvalue weighted by atomic mass is 10.1. The van der Waals surface area contributed by atoms with Gasteiger partial charge in [-0.2, -0.15) is 0 Å². The molecule has 0 bridgehead atoms. The quantitative estimate of drug-likeness (QED) is 0.223. The summed E-state index contributed by atoms with van der Waals surface area (Å²) in [7, 11) is 0. The molecule has 0 amide bonds. The van der Waals surface area contributed by atoms with Crippen LogP contribution in [0.4, 0.5) is 5.82 Å². The van der Waals surface area contributed by atoms with Crippen LogP contribution in [0.25, 0.3) is 22.1 Å². The molecule has 0 radical (unpaired) electrons. The minimum absolute atomic E-state index is 0.195. The zero-order valence-electron chi connectivity index (χ0n) is 17.2. The number of aliphatic hydroxyl groups excluding tert-OH is 3. The maximum Gasteiger partial charge on any atom is 0.326 e. The van der Waals surface area contributed by atoms with E-state index in [1.807, 2.05) is 24.3 Å². The Morgan fingerprint density at radius 3 is 2.79 bits per heavy atom. The average Bonchev–Trinajstić information content (AvgIpc) is 3.50. The zero-order chi connectivity index (χ0) is 23.1. The molecule has 12 heteroatoms. The van der Waals surface area contributed by atoms with E-state index in [1.165, 1.54) is 17.2 Å². The van der Waals surface area contributed by atoms with Gasteiger partial charge in [0.2, 0.25) is 0 Å². The molecule has 33 heavy (non-hydrogen) atoms. The van der Waals surface area contributed by atoms with Crippen molar-refractivity contribution < 1.29 is 30.0 Å². The number of carbonyl (C=O) groups is 1. The second-order valence-electron chi connectivity index (χ2n) is 7.87. The van der Waals surface area contributed by atoms with Crippen LogP contribution in [0, 0.1) is 0 Å². The van der Waals surface area contributed by atoms with Gasteiger partial charge in [-0.25, -0.2) is 19.7 Å². The van der Waals surface area contributed by atoms with Crippen molar-refractivity contribution in [2.45, 2.75) is 37.0 Å². The molecule has 6 N–H and O–H groups in total. The van der Waals surface area contributed by atoms with Crippen molar-refractivity contribution in [2.75, 3.05) is 11.9 Å². The molecule has 12 nitrogen and oxygen atoms in total. The van der Waals surface area contributed by atoms with Crippen LogP contribution in [0.1, 0.15) is 11.8 Å². The second-order valence-corrected chi connectivity index (χ2v) is 7.87. The number of aliphatic carboxylic acids is 1.